The van der Waals surface area contributed by atoms with Crippen LogP contribution >= 0.6 is 0 Å². The Bertz CT molecular complexity index is 495. The average molecular weight is 258 g/mol. The Morgan fingerprint density at radius 2 is 1.68 bits per heavy atom. The molecule has 2 rings (SSSR count). The van der Waals surface area contributed by atoms with E-state index in [0.717, 1.165) is 30.2 Å². The molecule has 0 saturated heterocycles. The molecule has 1 heterocycles. The van der Waals surface area contributed by atoms with Crippen molar-refractivity contribution in [3.8, 4) is 17.2 Å². The summed E-state index contributed by atoms with van der Waals surface area (Å²) < 4.78 is 11.2. The van der Waals surface area contributed by atoms with E-state index in [4.69, 9.17) is 15.2 Å². The Balaban J connectivity index is 1.98. The number of nitrogens with zero attached hydrogens (tertiary/aromatic N) is 1. The van der Waals surface area contributed by atoms with Gasteiger partial charge in [0.05, 0.1) is 18.5 Å². The van der Waals surface area contributed by atoms with Crippen LogP contribution in [-0.4, -0.2) is 11.6 Å². The largest absolute Gasteiger partial charge is 0.494 e. The van der Waals surface area contributed by atoms with Crippen LogP contribution in [0.3, 0.4) is 0 Å². The molecule has 4 nitrogen and oxygen atoms in total. The van der Waals surface area contributed by atoms with Gasteiger partial charge in [0.1, 0.15) is 17.2 Å². The first-order chi connectivity index (χ1) is 9.31. The summed E-state index contributed by atoms with van der Waals surface area (Å²) in [5, 5.41) is 0. The predicted octanol–water partition coefficient (Wildman–Crippen LogP) is 3.12. The maximum Gasteiger partial charge on any atom is 0.145 e. The molecule has 2 N–H and O–H groups in total. The van der Waals surface area contributed by atoms with Crippen LogP contribution in [0.1, 0.15) is 19.0 Å². The lowest BCUT2D eigenvalue weighted by Crippen LogP contribution is -1.98. The number of nitrogens with two attached hydrogens (primary N) is 1. The van der Waals surface area contributed by atoms with Gasteiger partial charge in [0.15, 0.2) is 0 Å². The summed E-state index contributed by atoms with van der Waals surface area (Å²) in [4.78, 5) is 4.18. The third kappa shape index (κ3) is 3.96. The van der Waals surface area contributed by atoms with Crippen molar-refractivity contribution in [2.75, 3.05) is 6.61 Å². The van der Waals surface area contributed by atoms with Gasteiger partial charge in [-0.25, -0.2) is 0 Å². The summed E-state index contributed by atoms with van der Waals surface area (Å²) in [7, 11) is 0. The van der Waals surface area contributed by atoms with Crippen molar-refractivity contribution >= 4 is 0 Å². The number of aromatic nitrogens is 1. The van der Waals surface area contributed by atoms with E-state index in [9.17, 15) is 0 Å². The highest BCUT2D eigenvalue weighted by atomic mass is 16.5. The van der Waals surface area contributed by atoms with E-state index in [1.54, 1.807) is 6.20 Å². The maximum atomic E-state index is 5.68. The maximum absolute atomic E-state index is 5.68. The third-order valence-corrected chi connectivity index (χ3v) is 2.54. The molecular weight excluding hydrogens is 240 g/mol. The van der Waals surface area contributed by atoms with E-state index in [2.05, 4.69) is 11.9 Å². The van der Waals surface area contributed by atoms with Gasteiger partial charge in [-0.15, -0.1) is 0 Å². The van der Waals surface area contributed by atoms with Crippen molar-refractivity contribution in [1.29, 1.82) is 0 Å². The molecule has 0 amide bonds. The smallest absolute Gasteiger partial charge is 0.145 e. The van der Waals surface area contributed by atoms with E-state index in [-0.39, 0.29) is 0 Å². The number of benzene rings is 1. The summed E-state index contributed by atoms with van der Waals surface area (Å²) in [6.45, 7) is 3.24. The van der Waals surface area contributed by atoms with Gasteiger partial charge in [-0.2, -0.15) is 0 Å². The highest BCUT2D eigenvalue weighted by Crippen LogP contribution is 2.23. The zero-order chi connectivity index (χ0) is 13.5. The Hall–Kier alpha value is -2.07. The van der Waals surface area contributed by atoms with Crippen molar-refractivity contribution in [2.24, 2.45) is 5.73 Å². The normalized spacial score (nSPS) is 10.2. The Labute approximate surface area is 113 Å². The van der Waals surface area contributed by atoms with Crippen LogP contribution in [0.4, 0.5) is 0 Å². The summed E-state index contributed by atoms with van der Waals surface area (Å²) in [5.41, 5.74) is 6.34. The minimum atomic E-state index is 0.434. The van der Waals surface area contributed by atoms with Crippen LogP contribution in [0.15, 0.2) is 42.6 Å². The summed E-state index contributed by atoms with van der Waals surface area (Å²) in [5.74, 6) is 2.30. The van der Waals surface area contributed by atoms with Gasteiger partial charge >= 0.3 is 0 Å². The second-order valence-corrected chi connectivity index (χ2v) is 4.11. The molecule has 0 aliphatic heterocycles. The number of hydrogen-bond acceptors (Lipinski definition) is 4. The number of pyridine rings is 1. The van der Waals surface area contributed by atoms with E-state index in [0.29, 0.717) is 12.3 Å². The van der Waals surface area contributed by atoms with Gasteiger partial charge < -0.3 is 15.2 Å². The molecule has 0 radical (unpaired) electrons. The third-order valence-electron chi connectivity index (χ3n) is 2.54. The SMILES string of the molecule is CCCOc1ccc(Oc2ccc(CN)nc2)cc1. The molecule has 4 heteroatoms. The van der Waals surface area contributed by atoms with Crippen LogP contribution in [-0.2, 0) is 6.54 Å². The second kappa shape index (κ2) is 6.75. The summed E-state index contributed by atoms with van der Waals surface area (Å²) in [6, 6.07) is 11.3. The molecule has 1 aromatic heterocycles. The Kier molecular flexibility index (Phi) is 4.75. The van der Waals surface area contributed by atoms with Crippen molar-refractivity contribution in [3.63, 3.8) is 0 Å². The molecule has 0 spiro atoms. The van der Waals surface area contributed by atoms with Gasteiger partial charge in [0, 0.05) is 6.54 Å². The minimum Gasteiger partial charge on any atom is -0.494 e. The first kappa shape index (κ1) is 13.4. The van der Waals surface area contributed by atoms with Gasteiger partial charge in [-0.1, -0.05) is 6.92 Å². The molecule has 1 aromatic carbocycles. The van der Waals surface area contributed by atoms with Crippen LogP contribution < -0.4 is 15.2 Å². The molecule has 19 heavy (non-hydrogen) atoms. The molecule has 0 fully saturated rings. The van der Waals surface area contributed by atoms with Gasteiger partial charge in [-0.3, -0.25) is 4.98 Å². The fraction of sp³-hybridized carbons (Fsp3) is 0.267. The molecule has 2 aromatic rings. The van der Waals surface area contributed by atoms with Crippen molar-refractivity contribution in [3.05, 3.63) is 48.3 Å². The lowest BCUT2D eigenvalue weighted by atomic mass is 10.3. The van der Waals surface area contributed by atoms with Crippen molar-refractivity contribution in [2.45, 2.75) is 19.9 Å². The molecule has 100 valence electrons. The van der Waals surface area contributed by atoms with Crippen LogP contribution in [0.25, 0.3) is 0 Å². The van der Waals surface area contributed by atoms with Crippen LogP contribution in [0, 0.1) is 0 Å². The zero-order valence-electron chi connectivity index (χ0n) is 11.0. The van der Waals surface area contributed by atoms with E-state index in [1.165, 1.54) is 0 Å². The van der Waals surface area contributed by atoms with Gasteiger partial charge in [0.2, 0.25) is 0 Å². The standard InChI is InChI=1S/C15H18N2O2/c1-2-9-18-13-5-7-14(8-6-13)19-15-4-3-12(10-16)17-11-15/h3-8,11H,2,9-10,16H2,1H3. The van der Waals surface area contributed by atoms with E-state index < -0.39 is 0 Å². The van der Waals surface area contributed by atoms with E-state index in [1.807, 2.05) is 36.4 Å². The monoisotopic (exact) mass is 258 g/mol. The highest BCUT2D eigenvalue weighted by molar-refractivity contribution is 5.34. The summed E-state index contributed by atoms with van der Waals surface area (Å²) >= 11 is 0. The quantitative estimate of drug-likeness (QED) is 0.864. The molecule has 0 aliphatic carbocycles. The highest BCUT2D eigenvalue weighted by Gasteiger charge is 1.99. The van der Waals surface area contributed by atoms with Crippen molar-refractivity contribution in [1.82, 2.24) is 4.98 Å². The van der Waals surface area contributed by atoms with Crippen LogP contribution in [0.2, 0.25) is 0 Å². The van der Waals surface area contributed by atoms with E-state index >= 15 is 0 Å². The Morgan fingerprint density at radius 1 is 1.00 bits per heavy atom. The molecule has 0 bridgehead atoms. The number of ether oxygens (including phenoxy) is 2. The first-order valence-electron chi connectivity index (χ1n) is 6.37. The predicted molar refractivity (Wildman–Crippen MR) is 74.4 cm³/mol. The molecule has 0 aliphatic rings. The average Bonchev–Trinajstić information content (AvgIpc) is 2.47. The van der Waals surface area contributed by atoms with Gasteiger partial charge in [0.25, 0.3) is 0 Å². The first-order valence-corrected chi connectivity index (χ1v) is 6.37. The number of hydrogen-bond donors (Lipinski definition) is 1. The second-order valence-electron chi connectivity index (χ2n) is 4.11. The lowest BCUT2D eigenvalue weighted by molar-refractivity contribution is 0.317. The Morgan fingerprint density at radius 3 is 2.26 bits per heavy atom. The van der Waals surface area contributed by atoms with Crippen LogP contribution in [0.5, 0.6) is 17.2 Å². The minimum absolute atomic E-state index is 0.434. The topological polar surface area (TPSA) is 57.4 Å². The zero-order valence-corrected chi connectivity index (χ0v) is 11.0. The molecule has 0 unspecified atom stereocenters. The number of rotatable bonds is 6. The molecule has 0 atom stereocenters. The summed E-state index contributed by atoms with van der Waals surface area (Å²) in [6.07, 6.45) is 2.67. The fourth-order valence-electron chi connectivity index (χ4n) is 1.55. The molecule has 0 saturated carbocycles. The van der Waals surface area contributed by atoms with Gasteiger partial charge in [-0.05, 0) is 42.8 Å². The lowest BCUT2D eigenvalue weighted by Gasteiger charge is -2.08. The van der Waals surface area contributed by atoms with Crippen molar-refractivity contribution < 1.29 is 9.47 Å². The molecular formula is C15H18N2O2. The fourth-order valence-corrected chi connectivity index (χ4v) is 1.55.